The molecule has 7 heteroatoms. The molecule has 156 valence electrons. The lowest BCUT2D eigenvalue weighted by molar-refractivity contribution is -0.165. The molecule has 0 aliphatic heterocycles. The van der Waals surface area contributed by atoms with Crippen LogP contribution in [0.3, 0.4) is 0 Å². The van der Waals surface area contributed by atoms with Crippen molar-refractivity contribution >= 4 is 11.9 Å². The molecule has 29 heavy (non-hydrogen) atoms. The Labute approximate surface area is 169 Å². The van der Waals surface area contributed by atoms with Crippen molar-refractivity contribution in [2.75, 3.05) is 0 Å². The molecule has 7 nitrogen and oxygen atoms in total. The van der Waals surface area contributed by atoms with E-state index in [1.807, 2.05) is 0 Å². The number of aromatic hydroxyl groups is 2. The van der Waals surface area contributed by atoms with E-state index in [1.54, 1.807) is 52.0 Å². The average molecular weight is 402 g/mol. The molecule has 2 aromatic carbocycles. The van der Waals surface area contributed by atoms with E-state index in [4.69, 9.17) is 4.74 Å². The van der Waals surface area contributed by atoms with E-state index >= 15 is 0 Å². The van der Waals surface area contributed by atoms with Gasteiger partial charge in [0.25, 0.3) is 0 Å². The van der Waals surface area contributed by atoms with Crippen molar-refractivity contribution in [1.29, 1.82) is 0 Å². The van der Waals surface area contributed by atoms with Crippen molar-refractivity contribution in [1.82, 2.24) is 0 Å². The number of carboxylic acids is 2. The topological polar surface area (TPSA) is 124 Å². The molecule has 0 saturated carbocycles. The minimum atomic E-state index is -1.36. The maximum Gasteiger partial charge on any atom is 0.333 e. The van der Waals surface area contributed by atoms with Crippen molar-refractivity contribution in [2.45, 2.75) is 52.7 Å². The third-order valence-electron chi connectivity index (χ3n) is 4.82. The van der Waals surface area contributed by atoms with Gasteiger partial charge in [-0.25, -0.2) is 9.59 Å². The lowest BCUT2D eigenvalue weighted by atomic mass is 10.00. The van der Waals surface area contributed by atoms with Crippen LogP contribution < -0.4 is 0 Å². The molecule has 0 spiro atoms. The second kappa shape index (κ2) is 8.96. The maximum absolute atomic E-state index is 11.7. The summed E-state index contributed by atoms with van der Waals surface area (Å²) in [4.78, 5) is 23.4. The van der Waals surface area contributed by atoms with Crippen molar-refractivity contribution < 1.29 is 34.8 Å². The molecule has 2 rings (SSSR count). The van der Waals surface area contributed by atoms with Crippen LogP contribution in [0.25, 0.3) is 0 Å². The molecule has 0 radical (unpaired) electrons. The Hall–Kier alpha value is -3.06. The summed E-state index contributed by atoms with van der Waals surface area (Å²) < 4.78 is 5.48. The molecule has 2 atom stereocenters. The zero-order chi connectivity index (χ0) is 21.9. The van der Waals surface area contributed by atoms with E-state index in [0.29, 0.717) is 33.4 Å². The standard InChI is InChI=1S/C22H26O7/c1-11-5-15(6-12(2)19(11)23)9-17(21(25)26)29-18(22(27)28)10-16-7-13(3)20(24)14(4)8-16/h5-8,17-18,23-24H,9-10H2,1-4H3,(H,25,26)(H,27,28)/t17-,18-/m0/s1. The summed E-state index contributed by atoms with van der Waals surface area (Å²) in [5.41, 5.74) is 3.68. The summed E-state index contributed by atoms with van der Waals surface area (Å²) in [5.74, 6) is -2.25. The van der Waals surface area contributed by atoms with E-state index in [9.17, 15) is 30.0 Å². The van der Waals surface area contributed by atoms with E-state index in [1.165, 1.54) is 0 Å². The van der Waals surface area contributed by atoms with Crippen molar-refractivity contribution in [3.63, 3.8) is 0 Å². The Morgan fingerprint density at radius 2 is 1.00 bits per heavy atom. The Kier molecular flexibility index (Phi) is 6.87. The van der Waals surface area contributed by atoms with Gasteiger partial charge in [-0.1, -0.05) is 24.3 Å². The first-order valence-corrected chi connectivity index (χ1v) is 9.18. The van der Waals surface area contributed by atoms with Crippen LogP contribution in [0.15, 0.2) is 24.3 Å². The lowest BCUT2D eigenvalue weighted by Gasteiger charge is -2.21. The van der Waals surface area contributed by atoms with Gasteiger partial charge in [0, 0.05) is 12.8 Å². The first-order chi connectivity index (χ1) is 13.5. The third-order valence-corrected chi connectivity index (χ3v) is 4.82. The molecule has 2 aromatic rings. The van der Waals surface area contributed by atoms with E-state index in [-0.39, 0.29) is 24.3 Å². The number of aryl methyl sites for hydroxylation is 4. The molecule has 0 heterocycles. The molecule has 4 N–H and O–H groups in total. The minimum Gasteiger partial charge on any atom is -0.507 e. The molecular formula is C22H26O7. The van der Waals surface area contributed by atoms with Crippen LogP contribution in [0.5, 0.6) is 11.5 Å². The second-order valence-corrected chi connectivity index (χ2v) is 7.35. The molecule has 0 amide bonds. The number of hydrogen-bond acceptors (Lipinski definition) is 5. The summed E-state index contributed by atoms with van der Waals surface area (Å²) in [6.07, 6.45) is -2.79. The third kappa shape index (κ3) is 5.48. The number of aliphatic carboxylic acids is 2. The van der Waals surface area contributed by atoms with E-state index in [0.717, 1.165) is 0 Å². The molecular weight excluding hydrogens is 376 g/mol. The minimum absolute atomic E-state index is 0.0330. The number of phenols is 2. The van der Waals surface area contributed by atoms with Gasteiger partial charge >= 0.3 is 11.9 Å². The summed E-state index contributed by atoms with van der Waals surface area (Å²) >= 11 is 0. The van der Waals surface area contributed by atoms with Crippen LogP contribution in [0, 0.1) is 27.7 Å². The largest absolute Gasteiger partial charge is 0.507 e. The highest BCUT2D eigenvalue weighted by Gasteiger charge is 2.28. The summed E-state index contributed by atoms with van der Waals surface area (Å²) in [5, 5.41) is 38.9. The van der Waals surface area contributed by atoms with Crippen molar-refractivity contribution in [2.24, 2.45) is 0 Å². The van der Waals surface area contributed by atoms with Crippen LogP contribution >= 0.6 is 0 Å². The van der Waals surface area contributed by atoms with Crippen LogP contribution in [0.2, 0.25) is 0 Å². The number of phenolic OH excluding ortho intramolecular Hbond substituents is 2. The fourth-order valence-corrected chi connectivity index (χ4v) is 3.34. The quantitative estimate of drug-likeness (QED) is 0.535. The average Bonchev–Trinajstić information content (AvgIpc) is 2.62. The van der Waals surface area contributed by atoms with Gasteiger partial charge in [0.2, 0.25) is 0 Å². The SMILES string of the molecule is Cc1cc(C[C@H](O[C@@H](Cc2cc(C)c(O)c(C)c2)C(=O)O)C(=O)O)cc(C)c1O. The molecule has 0 aromatic heterocycles. The van der Waals surface area contributed by atoms with Crippen LogP contribution in [-0.4, -0.2) is 44.6 Å². The van der Waals surface area contributed by atoms with Gasteiger partial charge < -0.3 is 25.2 Å². The second-order valence-electron chi connectivity index (χ2n) is 7.35. The monoisotopic (exact) mass is 402 g/mol. The maximum atomic E-state index is 11.7. The Balaban J connectivity index is 2.24. The zero-order valence-electron chi connectivity index (χ0n) is 16.9. The normalized spacial score (nSPS) is 13.1. The van der Waals surface area contributed by atoms with Crippen molar-refractivity contribution in [3.8, 4) is 11.5 Å². The van der Waals surface area contributed by atoms with Gasteiger partial charge in [0.05, 0.1) is 0 Å². The fraction of sp³-hybridized carbons (Fsp3) is 0.364. The number of carbonyl (C=O) groups is 2. The first-order valence-electron chi connectivity index (χ1n) is 9.18. The predicted molar refractivity (Wildman–Crippen MR) is 107 cm³/mol. The van der Waals surface area contributed by atoms with Crippen LogP contribution in [0.1, 0.15) is 33.4 Å². The van der Waals surface area contributed by atoms with Gasteiger partial charge in [-0.3, -0.25) is 0 Å². The number of ether oxygens (including phenoxy) is 1. The highest BCUT2D eigenvalue weighted by Crippen LogP contribution is 2.26. The number of rotatable bonds is 8. The molecule has 0 aliphatic carbocycles. The molecule has 0 unspecified atom stereocenters. The smallest absolute Gasteiger partial charge is 0.333 e. The van der Waals surface area contributed by atoms with Gasteiger partial charge in [0.1, 0.15) is 11.5 Å². The number of hydrogen-bond donors (Lipinski definition) is 4. The van der Waals surface area contributed by atoms with Gasteiger partial charge in [-0.2, -0.15) is 0 Å². The van der Waals surface area contributed by atoms with Gasteiger partial charge in [0.15, 0.2) is 12.2 Å². The first kappa shape index (κ1) is 22.2. The Bertz CT molecular complexity index is 811. The number of carboxylic acid groups (broad SMARTS) is 2. The number of benzene rings is 2. The predicted octanol–water partition coefficient (Wildman–Crippen LogP) is 3.04. The Morgan fingerprint density at radius 1 is 0.724 bits per heavy atom. The molecule has 0 bridgehead atoms. The summed E-state index contributed by atoms with van der Waals surface area (Å²) in [6.45, 7) is 6.83. The molecule has 0 saturated heterocycles. The van der Waals surface area contributed by atoms with Crippen LogP contribution in [0.4, 0.5) is 0 Å². The molecule has 0 aliphatic rings. The van der Waals surface area contributed by atoms with Gasteiger partial charge in [-0.05, 0) is 61.1 Å². The van der Waals surface area contributed by atoms with Crippen molar-refractivity contribution in [3.05, 3.63) is 57.6 Å². The molecule has 0 fully saturated rings. The highest BCUT2D eigenvalue weighted by molar-refractivity contribution is 5.76. The fourth-order valence-electron chi connectivity index (χ4n) is 3.34. The van der Waals surface area contributed by atoms with Crippen LogP contribution in [-0.2, 0) is 27.2 Å². The highest BCUT2D eigenvalue weighted by atomic mass is 16.5. The summed E-state index contributed by atoms with van der Waals surface area (Å²) in [6, 6.07) is 6.63. The zero-order valence-corrected chi connectivity index (χ0v) is 16.9. The Morgan fingerprint density at radius 3 is 1.24 bits per heavy atom. The summed E-state index contributed by atoms with van der Waals surface area (Å²) in [7, 11) is 0. The lowest BCUT2D eigenvalue weighted by Crippen LogP contribution is -2.36. The van der Waals surface area contributed by atoms with E-state index in [2.05, 4.69) is 0 Å². The van der Waals surface area contributed by atoms with E-state index < -0.39 is 24.1 Å². The van der Waals surface area contributed by atoms with Gasteiger partial charge in [-0.15, -0.1) is 0 Å².